The monoisotopic (exact) mass is 228 g/mol. The Labute approximate surface area is 91.1 Å². The Hall–Kier alpha value is -1.28. The first-order valence-electron chi connectivity index (χ1n) is 5.20. The predicted molar refractivity (Wildman–Crippen MR) is 52.1 cm³/mol. The molecular weight excluding hydrogens is 216 g/mol. The van der Waals surface area contributed by atoms with Gasteiger partial charge in [-0.05, 0) is 0 Å². The Kier molecular flexibility index (Phi) is 1.67. The molecule has 4 aliphatic heterocycles. The van der Waals surface area contributed by atoms with Crippen molar-refractivity contribution in [2.24, 2.45) is 0 Å². The summed E-state index contributed by atoms with van der Waals surface area (Å²) in [5.41, 5.74) is -2.25. The van der Waals surface area contributed by atoms with Crippen LogP contribution in [-0.2, 0) is 0 Å². The summed E-state index contributed by atoms with van der Waals surface area (Å²) < 4.78 is 0. The molecule has 16 heavy (non-hydrogen) atoms. The minimum atomic E-state index is -1.12. The highest BCUT2D eigenvalue weighted by atomic mass is 16.6. The molecule has 0 aliphatic carbocycles. The summed E-state index contributed by atoms with van der Waals surface area (Å²) in [5.74, 6) is 0. The van der Waals surface area contributed by atoms with E-state index in [4.69, 9.17) is 0 Å². The largest absolute Gasteiger partial charge is 0.276 e. The van der Waals surface area contributed by atoms with E-state index >= 15 is 0 Å². The minimum absolute atomic E-state index is 0.0764. The maximum Gasteiger partial charge on any atom is 0.254 e. The van der Waals surface area contributed by atoms with Crippen molar-refractivity contribution in [3.8, 4) is 0 Å². The maximum atomic E-state index is 11.1. The molecular formula is C8H12N4O4. The Morgan fingerprint density at radius 2 is 1.25 bits per heavy atom. The van der Waals surface area contributed by atoms with Crippen molar-refractivity contribution in [3.63, 3.8) is 0 Å². The molecule has 8 heteroatoms. The number of hydrogen-bond donors (Lipinski definition) is 0. The van der Waals surface area contributed by atoms with Crippen LogP contribution >= 0.6 is 0 Å². The SMILES string of the molecule is O=[N+]([O-])C12CN3CN(C1)CC([N+](=O)[O-])(C3)C2. The predicted octanol–water partition coefficient (Wildman–Crippen LogP) is -0.990. The Morgan fingerprint density at radius 1 is 0.875 bits per heavy atom. The molecule has 4 heterocycles. The lowest BCUT2D eigenvalue weighted by molar-refractivity contribution is -0.643. The fourth-order valence-corrected chi connectivity index (χ4v) is 3.56. The van der Waals surface area contributed by atoms with Crippen LogP contribution in [0.3, 0.4) is 0 Å². The van der Waals surface area contributed by atoms with Crippen molar-refractivity contribution in [2.75, 3.05) is 32.8 Å². The summed E-state index contributed by atoms with van der Waals surface area (Å²) in [6, 6.07) is 0. The van der Waals surface area contributed by atoms with E-state index in [1.165, 1.54) is 0 Å². The van der Waals surface area contributed by atoms with Crippen LogP contribution in [0.2, 0.25) is 0 Å². The maximum absolute atomic E-state index is 11.1. The zero-order valence-corrected chi connectivity index (χ0v) is 8.66. The molecule has 4 aliphatic rings. The van der Waals surface area contributed by atoms with Crippen molar-refractivity contribution in [2.45, 2.75) is 17.5 Å². The summed E-state index contributed by atoms with van der Waals surface area (Å²) >= 11 is 0. The molecule has 0 atom stereocenters. The van der Waals surface area contributed by atoms with Crippen molar-refractivity contribution < 1.29 is 9.85 Å². The smallest absolute Gasteiger partial charge is 0.254 e. The fraction of sp³-hybridized carbons (Fsp3) is 1.00. The molecule has 0 spiro atoms. The van der Waals surface area contributed by atoms with Crippen LogP contribution in [0.5, 0.6) is 0 Å². The second-order valence-corrected chi connectivity index (χ2v) is 5.26. The number of hydrogen-bond acceptors (Lipinski definition) is 6. The van der Waals surface area contributed by atoms with E-state index < -0.39 is 11.1 Å². The standard InChI is InChI=1S/C8H12N4O4/c13-11(14)7-1-8(12(15)16)4-9(2-7)6-10(3-7)5-8/h1-6H2. The van der Waals surface area contributed by atoms with Gasteiger partial charge in [-0.25, -0.2) is 0 Å². The summed E-state index contributed by atoms with van der Waals surface area (Å²) in [6.45, 7) is 2.04. The van der Waals surface area contributed by atoms with Gasteiger partial charge in [0.2, 0.25) is 0 Å². The normalized spacial score (nSPS) is 49.2. The Bertz CT molecular complexity index is 338. The van der Waals surface area contributed by atoms with Gasteiger partial charge in [-0.3, -0.25) is 30.0 Å². The van der Waals surface area contributed by atoms with Gasteiger partial charge < -0.3 is 0 Å². The van der Waals surface area contributed by atoms with E-state index in [0.717, 1.165) is 0 Å². The lowest BCUT2D eigenvalue weighted by Crippen LogP contribution is -2.80. The quantitative estimate of drug-likeness (QED) is 0.445. The van der Waals surface area contributed by atoms with Crippen LogP contribution in [0.1, 0.15) is 6.42 Å². The molecule has 0 aromatic heterocycles. The Morgan fingerprint density at radius 3 is 1.56 bits per heavy atom. The minimum Gasteiger partial charge on any atom is -0.276 e. The summed E-state index contributed by atoms with van der Waals surface area (Å²) in [6.07, 6.45) is 0.0764. The highest BCUT2D eigenvalue weighted by Crippen LogP contribution is 2.42. The highest BCUT2D eigenvalue weighted by Gasteiger charge is 2.69. The molecule has 0 N–H and O–H groups in total. The van der Waals surface area contributed by atoms with Gasteiger partial charge >= 0.3 is 0 Å². The molecule has 4 saturated heterocycles. The molecule has 4 rings (SSSR count). The topological polar surface area (TPSA) is 92.8 Å². The lowest BCUT2D eigenvalue weighted by atomic mass is 9.72. The fourth-order valence-electron chi connectivity index (χ4n) is 3.56. The molecule has 0 aromatic carbocycles. The summed E-state index contributed by atoms with van der Waals surface area (Å²) in [4.78, 5) is 25.3. The van der Waals surface area contributed by atoms with Gasteiger partial charge in [-0.1, -0.05) is 0 Å². The molecule has 4 bridgehead atoms. The lowest BCUT2D eigenvalue weighted by Gasteiger charge is -2.55. The van der Waals surface area contributed by atoms with Gasteiger partial charge in [0, 0.05) is 9.85 Å². The van der Waals surface area contributed by atoms with Gasteiger partial charge in [0.1, 0.15) is 0 Å². The van der Waals surface area contributed by atoms with E-state index in [1.54, 1.807) is 0 Å². The first-order valence-corrected chi connectivity index (χ1v) is 5.20. The zero-order chi connectivity index (χ0) is 11.6. The van der Waals surface area contributed by atoms with E-state index in [-0.39, 0.29) is 16.3 Å². The number of rotatable bonds is 2. The van der Waals surface area contributed by atoms with E-state index in [9.17, 15) is 20.2 Å². The second kappa shape index (κ2) is 2.69. The Balaban J connectivity index is 2.03. The van der Waals surface area contributed by atoms with Crippen LogP contribution in [-0.4, -0.2) is 63.6 Å². The average Bonchev–Trinajstić information content (AvgIpc) is 2.14. The zero-order valence-electron chi connectivity index (χ0n) is 8.66. The molecule has 88 valence electrons. The number of nitro groups is 2. The first kappa shape index (κ1) is 9.91. The van der Waals surface area contributed by atoms with Crippen LogP contribution < -0.4 is 0 Å². The summed E-state index contributed by atoms with van der Waals surface area (Å²) in [7, 11) is 0. The molecule has 4 fully saturated rings. The van der Waals surface area contributed by atoms with Gasteiger partial charge in [0.05, 0.1) is 39.3 Å². The van der Waals surface area contributed by atoms with Crippen LogP contribution in [0.15, 0.2) is 0 Å². The molecule has 0 radical (unpaired) electrons. The molecule has 8 nitrogen and oxygen atoms in total. The van der Waals surface area contributed by atoms with Gasteiger partial charge in [-0.2, -0.15) is 0 Å². The molecule has 0 aromatic rings. The first-order chi connectivity index (χ1) is 7.46. The van der Waals surface area contributed by atoms with Crippen LogP contribution in [0.25, 0.3) is 0 Å². The highest BCUT2D eigenvalue weighted by molar-refractivity contribution is 5.10. The third-order valence-corrected chi connectivity index (χ3v) is 3.90. The number of nitrogens with zero attached hydrogens (tertiary/aromatic N) is 4. The van der Waals surface area contributed by atoms with E-state index in [1.807, 2.05) is 9.80 Å². The van der Waals surface area contributed by atoms with E-state index in [0.29, 0.717) is 32.8 Å². The van der Waals surface area contributed by atoms with Gasteiger partial charge in [-0.15, -0.1) is 0 Å². The summed E-state index contributed by atoms with van der Waals surface area (Å²) in [5, 5.41) is 22.3. The molecule has 0 amide bonds. The third-order valence-electron chi connectivity index (χ3n) is 3.90. The van der Waals surface area contributed by atoms with Crippen molar-refractivity contribution in [1.82, 2.24) is 9.80 Å². The van der Waals surface area contributed by atoms with Crippen molar-refractivity contribution in [1.29, 1.82) is 0 Å². The number of piperidine rings is 2. The van der Waals surface area contributed by atoms with E-state index in [2.05, 4.69) is 0 Å². The second-order valence-electron chi connectivity index (χ2n) is 5.26. The molecule has 0 saturated carbocycles. The third kappa shape index (κ3) is 1.05. The van der Waals surface area contributed by atoms with Gasteiger partial charge in [0.25, 0.3) is 11.1 Å². The average molecular weight is 228 g/mol. The van der Waals surface area contributed by atoms with Crippen LogP contribution in [0, 0.1) is 20.2 Å². The van der Waals surface area contributed by atoms with Crippen molar-refractivity contribution in [3.05, 3.63) is 20.2 Å². The molecule has 0 unspecified atom stereocenters. The van der Waals surface area contributed by atoms with Gasteiger partial charge in [0.15, 0.2) is 0 Å². The van der Waals surface area contributed by atoms with Crippen LogP contribution in [0.4, 0.5) is 0 Å². The van der Waals surface area contributed by atoms with Crippen molar-refractivity contribution >= 4 is 0 Å².